The van der Waals surface area contributed by atoms with E-state index in [0.717, 1.165) is 18.5 Å². The zero-order valence-corrected chi connectivity index (χ0v) is 49.2. The largest absolute Gasteiger partial charge is 0.477 e. The number of carboxylic acids is 1. The summed E-state index contributed by atoms with van der Waals surface area (Å²) in [5.41, 5.74) is -2.60. The van der Waals surface area contributed by atoms with E-state index in [1.807, 2.05) is 86.5 Å². The first kappa shape index (κ1) is 63.1. The van der Waals surface area contributed by atoms with Gasteiger partial charge in [0, 0.05) is 76.2 Å². The van der Waals surface area contributed by atoms with Crippen LogP contribution in [-0.4, -0.2) is 188 Å². The molecule has 4 fully saturated rings. The fourth-order valence-corrected chi connectivity index (χ4v) is 13.0. The summed E-state index contributed by atoms with van der Waals surface area (Å²) in [6.07, 6.45) is -3.18. The predicted octanol–water partition coefficient (Wildman–Crippen LogP) is 6.21. The highest BCUT2D eigenvalue weighted by Crippen LogP contribution is 2.45. The van der Waals surface area contributed by atoms with E-state index in [9.17, 15) is 34.2 Å². The predicted molar refractivity (Wildman–Crippen MR) is 291 cm³/mol. The van der Waals surface area contributed by atoms with Gasteiger partial charge < -0.3 is 72.5 Å². The van der Waals surface area contributed by atoms with Gasteiger partial charge in [-0.05, 0) is 132 Å². The Morgan fingerprint density at radius 2 is 1.56 bits per heavy atom. The third-order valence-electron chi connectivity index (χ3n) is 17.5. The number of rotatable bonds is 19. The minimum atomic E-state index is -1.38. The molecule has 4 saturated heterocycles. The van der Waals surface area contributed by atoms with Crippen molar-refractivity contribution in [3.8, 4) is 0 Å². The van der Waals surface area contributed by atoms with Gasteiger partial charge in [0.25, 0.3) is 0 Å². The SMILES string of the molecule is CC[C@@H]1OC(=O)[C@H](C)[C@H](O[C@@H]2C[C@](C)(OC)[C@H](OCCCNCCCc3ccc4c(c3)c(=O)c(C(=O)O)cn4CC)[C@H](C)O2)[C@@H](C)[C@H](O[C@H]2O[C@@H](C)C[C@@H](N(C)C)[C@H]2O)[C@](C)(OC)C[C@H](C)C(=O)C(C)[C@H]2N(C)C(=O)O[C@@]12C. The Morgan fingerprint density at radius 3 is 2.19 bits per heavy atom. The van der Waals surface area contributed by atoms with E-state index in [1.165, 1.54) is 11.1 Å². The second kappa shape index (κ2) is 26.2. The van der Waals surface area contributed by atoms with Gasteiger partial charge in [0.05, 0.1) is 53.1 Å². The summed E-state index contributed by atoms with van der Waals surface area (Å²) in [6.45, 7) is 22.7. The number of aromatic nitrogens is 1. The molecule has 0 radical (unpaired) electrons. The van der Waals surface area contributed by atoms with Gasteiger partial charge >= 0.3 is 18.0 Å². The van der Waals surface area contributed by atoms with Crippen LogP contribution >= 0.6 is 0 Å². The van der Waals surface area contributed by atoms with Gasteiger partial charge in [-0.15, -0.1) is 0 Å². The van der Waals surface area contributed by atoms with Gasteiger partial charge in [-0.1, -0.05) is 33.8 Å². The number of cyclic esters (lactones) is 1. The maximum Gasteiger partial charge on any atom is 0.410 e. The van der Waals surface area contributed by atoms with Crippen molar-refractivity contribution in [3.63, 3.8) is 0 Å². The normalized spacial score (nSPS) is 37.3. The third-order valence-corrected chi connectivity index (χ3v) is 17.5. The number of aryl methyl sites for hydroxylation is 2. The molecule has 1 unspecified atom stereocenters. The van der Waals surface area contributed by atoms with Crippen molar-refractivity contribution >= 4 is 34.7 Å². The summed E-state index contributed by atoms with van der Waals surface area (Å²) < 4.78 is 60.7. The standard InChI is InChI=1S/C58H92N4O16/c1-17-43-58(11)49(61(14)55(69)78-58)34(5)45(63)32(3)29-56(9,70-15)50(77-54-47(65)42(60(12)13)27-33(4)73-54)35(6)48(36(7)53(68)75-43)76-44-30-57(10,71-16)51(37(8)74-44)72-26-20-25-59-24-19-21-38-22-23-41-39(28-38)46(64)40(52(66)67)31-62(41)18-2/h22-23,28,31-37,42-44,47-51,54,59,65H,17-21,24-27,29-30H2,1-16H3,(H,66,67)/t32-,33-,34?,35+,36+,37-,42+,43-,44+,47+,48+,49+,50-,51+,54+,56+,57-,58-/m0/s1. The van der Waals surface area contributed by atoms with Crippen LogP contribution in [0.25, 0.3) is 10.9 Å². The number of likely N-dealkylation sites (N-methyl/N-ethyl adjacent to an activating group) is 2. The number of ether oxygens (including phenoxy) is 9. The molecule has 440 valence electrons. The number of aliphatic hydroxyl groups is 1. The molecule has 20 nitrogen and oxygen atoms in total. The first-order valence-electron chi connectivity index (χ1n) is 28.2. The van der Waals surface area contributed by atoms with E-state index >= 15 is 0 Å². The van der Waals surface area contributed by atoms with Crippen molar-refractivity contribution < 1.29 is 72.0 Å². The quantitative estimate of drug-likeness (QED) is 0.105. The Morgan fingerprint density at radius 1 is 0.897 bits per heavy atom. The van der Waals surface area contributed by atoms with Crippen LogP contribution in [0.2, 0.25) is 0 Å². The van der Waals surface area contributed by atoms with Gasteiger partial charge in [-0.3, -0.25) is 14.4 Å². The zero-order valence-electron chi connectivity index (χ0n) is 49.2. The molecule has 1 aromatic heterocycles. The molecule has 0 spiro atoms. The van der Waals surface area contributed by atoms with E-state index in [2.05, 4.69) is 5.32 Å². The van der Waals surface area contributed by atoms with Gasteiger partial charge in [-0.25, -0.2) is 9.59 Å². The van der Waals surface area contributed by atoms with Crippen molar-refractivity contribution in [2.45, 2.75) is 212 Å². The number of hydrogen-bond acceptors (Lipinski definition) is 17. The number of carbonyl (C=O) groups excluding carboxylic acids is 3. The maximum atomic E-state index is 14.9. The van der Waals surface area contributed by atoms with Crippen LogP contribution < -0.4 is 10.7 Å². The molecule has 4 aliphatic rings. The third kappa shape index (κ3) is 13.3. The number of nitrogens with one attached hydrogen (secondary N) is 1. The molecule has 0 bridgehead atoms. The molecule has 0 aliphatic carbocycles. The molecular weight excluding hydrogens is 1010 g/mol. The average molecular weight is 1100 g/mol. The molecule has 0 saturated carbocycles. The van der Waals surface area contributed by atoms with Crippen LogP contribution in [-0.2, 0) is 65.2 Å². The number of carboxylic acid groups (broad SMARTS) is 1. The fourth-order valence-electron chi connectivity index (χ4n) is 13.0. The molecule has 1 aromatic carbocycles. The van der Waals surface area contributed by atoms with Gasteiger partial charge in [-0.2, -0.15) is 0 Å². The minimum Gasteiger partial charge on any atom is -0.477 e. The Bertz CT molecular complexity index is 2460. The number of ketones is 1. The van der Waals surface area contributed by atoms with Gasteiger partial charge in [0.2, 0.25) is 5.43 Å². The summed E-state index contributed by atoms with van der Waals surface area (Å²) in [6, 6.07) is 4.59. The van der Waals surface area contributed by atoms with Crippen molar-refractivity contribution in [2.24, 2.45) is 23.7 Å². The molecule has 3 N–H and O–H groups in total. The van der Waals surface area contributed by atoms with Crippen molar-refractivity contribution in [1.82, 2.24) is 19.7 Å². The Kier molecular flexibility index (Phi) is 21.2. The Hall–Kier alpha value is -4.09. The number of hydrogen-bond donors (Lipinski definition) is 3. The van der Waals surface area contributed by atoms with Crippen LogP contribution in [0.5, 0.6) is 0 Å². The number of pyridine rings is 1. The molecule has 18 atom stereocenters. The number of amides is 1. The summed E-state index contributed by atoms with van der Waals surface area (Å²) in [5, 5.41) is 25.4. The minimum absolute atomic E-state index is 0.141. The van der Waals surface area contributed by atoms with E-state index in [4.69, 9.17) is 42.6 Å². The van der Waals surface area contributed by atoms with E-state index in [0.29, 0.717) is 49.9 Å². The van der Waals surface area contributed by atoms with Gasteiger partial charge in [0.1, 0.15) is 29.7 Å². The van der Waals surface area contributed by atoms with Crippen LogP contribution in [0.1, 0.15) is 131 Å². The lowest BCUT2D eigenvalue weighted by Gasteiger charge is -2.50. The number of methoxy groups -OCH3 is 2. The van der Waals surface area contributed by atoms with Gasteiger partial charge in [0.15, 0.2) is 18.2 Å². The molecule has 2 aromatic rings. The highest BCUT2D eigenvalue weighted by atomic mass is 16.7. The summed E-state index contributed by atoms with van der Waals surface area (Å²) >= 11 is 0. The fraction of sp³-hybridized carbons (Fsp3) is 0.776. The van der Waals surface area contributed by atoms with Crippen molar-refractivity contribution in [2.75, 3.05) is 55.1 Å². The molecule has 20 heteroatoms. The van der Waals surface area contributed by atoms with Crippen LogP contribution in [0.15, 0.2) is 29.2 Å². The molecule has 5 heterocycles. The lowest BCUT2D eigenvalue weighted by molar-refractivity contribution is -0.322. The number of aromatic carboxylic acids is 1. The van der Waals surface area contributed by atoms with E-state index < -0.39 is 119 Å². The first-order valence-corrected chi connectivity index (χ1v) is 28.2. The molecule has 4 aliphatic heterocycles. The van der Waals surface area contributed by atoms with Crippen LogP contribution in [0, 0.1) is 23.7 Å². The first-order chi connectivity index (χ1) is 36.7. The number of benzene rings is 1. The van der Waals surface area contributed by atoms with Crippen molar-refractivity contribution in [3.05, 3.63) is 45.7 Å². The topological polar surface area (TPSA) is 232 Å². The monoisotopic (exact) mass is 1100 g/mol. The number of aliphatic hydroxyl groups excluding tert-OH is 1. The molecule has 6 rings (SSSR count). The molecule has 78 heavy (non-hydrogen) atoms. The Balaban J connectivity index is 1.20. The Labute approximate surface area is 461 Å². The number of Topliss-reactive ketones (excluding diaryl/α,β-unsaturated/α-hetero) is 1. The number of nitrogens with zero attached hydrogens (tertiary/aromatic N) is 3. The number of carbonyl (C=O) groups is 4. The van der Waals surface area contributed by atoms with Crippen LogP contribution in [0.3, 0.4) is 0 Å². The summed E-state index contributed by atoms with van der Waals surface area (Å²) in [5.74, 6) is -5.09. The smallest absolute Gasteiger partial charge is 0.410 e. The zero-order chi connectivity index (χ0) is 57.8. The second-order valence-corrected chi connectivity index (χ2v) is 23.4. The maximum absolute atomic E-state index is 14.9. The number of fused-ring (bicyclic) bond motifs is 2. The van der Waals surface area contributed by atoms with E-state index in [1.54, 1.807) is 52.7 Å². The summed E-state index contributed by atoms with van der Waals surface area (Å²) in [7, 11) is 8.57. The number of esters is 1. The second-order valence-electron chi connectivity index (χ2n) is 23.4. The average Bonchev–Trinajstić information content (AvgIpc) is 3.74. The molecule has 1 amide bonds. The lowest BCUT2D eigenvalue weighted by atomic mass is 9.73. The van der Waals surface area contributed by atoms with Crippen LogP contribution in [0.4, 0.5) is 4.79 Å². The highest BCUT2D eigenvalue weighted by molar-refractivity contribution is 5.92. The van der Waals surface area contributed by atoms with E-state index in [-0.39, 0.29) is 42.8 Å². The molecular formula is C58H92N4O16. The lowest BCUT2D eigenvalue weighted by Crippen LogP contribution is -2.62. The highest BCUT2D eigenvalue weighted by Gasteiger charge is 2.60. The summed E-state index contributed by atoms with van der Waals surface area (Å²) in [4.78, 5) is 71.2. The van der Waals surface area contributed by atoms with Crippen molar-refractivity contribution in [1.29, 1.82) is 0 Å².